The number of benzene rings is 2. The van der Waals surface area contributed by atoms with Crippen LogP contribution in [0.1, 0.15) is 31.9 Å². The molecule has 2 heterocycles. The lowest BCUT2D eigenvalue weighted by Gasteiger charge is -2.46. The average molecular weight is 336 g/mol. The maximum Gasteiger partial charge on any atom is 0.244 e. The number of ether oxygens (including phenoxy) is 1. The van der Waals surface area contributed by atoms with E-state index in [0.717, 1.165) is 17.0 Å². The lowest BCUT2D eigenvalue weighted by atomic mass is 9.76. The van der Waals surface area contributed by atoms with Crippen molar-refractivity contribution in [2.45, 2.75) is 38.4 Å². The molecule has 1 fully saturated rings. The Hall–Kier alpha value is -2.49. The Morgan fingerprint density at radius 1 is 1.08 bits per heavy atom. The van der Waals surface area contributed by atoms with E-state index in [4.69, 9.17) is 4.74 Å². The maximum atomic E-state index is 12.9. The van der Waals surface area contributed by atoms with Crippen LogP contribution in [-0.4, -0.2) is 30.1 Å². The van der Waals surface area contributed by atoms with Gasteiger partial charge in [0.05, 0.1) is 13.7 Å². The van der Waals surface area contributed by atoms with Gasteiger partial charge in [-0.1, -0.05) is 44.2 Å². The summed E-state index contributed by atoms with van der Waals surface area (Å²) in [7, 11) is 1.69. The van der Waals surface area contributed by atoms with Crippen LogP contribution in [0.2, 0.25) is 0 Å². The first-order valence-corrected chi connectivity index (χ1v) is 8.70. The van der Waals surface area contributed by atoms with Gasteiger partial charge in [-0.05, 0) is 36.2 Å². The second-order valence-corrected chi connectivity index (χ2v) is 7.58. The minimum absolute atomic E-state index is 0.181. The van der Waals surface area contributed by atoms with E-state index >= 15 is 0 Å². The van der Waals surface area contributed by atoms with Crippen molar-refractivity contribution in [2.75, 3.05) is 18.6 Å². The summed E-state index contributed by atoms with van der Waals surface area (Å²) < 4.78 is 5.43. The first-order chi connectivity index (χ1) is 11.9. The Bertz CT molecular complexity index is 831. The van der Waals surface area contributed by atoms with Crippen molar-refractivity contribution in [1.29, 1.82) is 0 Å². The zero-order valence-corrected chi connectivity index (χ0v) is 15.2. The van der Waals surface area contributed by atoms with Crippen molar-refractivity contribution in [3.05, 3.63) is 59.7 Å². The zero-order valence-electron chi connectivity index (χ0n) is 15.2. The van der Waals surface area contributed by atoms with E-state index in [1.807, 2.05) is 29.2 Å². The summed E-state index contributed by atoms with van der Waals surface area (Å²) in [5.41, 5.74) is 2.92. The summed E-state index contributed by atoms with van der Waals surface area (Å²) in [6, 6.07) is 16.4. The number of methoxy groups -OCH3 is 1. The molecule has 130 valence electrons. The standard InChI is InChI=1S/C21H24N2O2/c1-20(2)17-12-16(25-4)10-11-18(17)22-14-19(24)23(21(20,22)3)13-15-8-6-5-7-9-15/h5-12H,13-14H2,1-4H3. The monoisotopic (exact) mass is 336 g/mol. The van der Waals surface area contributed by atoms with Crippen LogP contribution in [0.25, 0.3) is 0 Å². The van der Waals surface area contributed by atoms with Crippen LogP contribution in [0, 0.1) is 0 Å². The second kappa shape index (κ2) is 5.25. The molecular weight excluding hydrogens is 312 g/mol. The van der Waals surface area contributed by atoms with Crippen LogP contribution >= 0.6 is 0 Å². The van der Waals surface area contributed by atoms with Gasteiger partial charge in [0.15, 0.2) is 0 Å². The average Bonchev–Trinajstić information content (AvgIpc) is 2.96. The highest BCUT2D eigenvalue weighted by atomic mass is 16.5. The highest BCUT2D eigenvalue weighted by molar-refractivity contribution is 5.90. The maximum absolute atomic E-state index is 12.9. The summed E-state index contributed by atoms with van der Waals surface area (Å²) in [6.45, 7) is 7.68. The normalized spacial score (nSPS) is 23.6. The highest BCUT2D eigenvalue weighted by Gasteiger charge is 2.62. The van der Waals surface area contributed by atoms with Gasteiger partial charge in [-0.15, -0.1) is 0 Å². The molecule has 0 aromatic heterocycles. The van der Waals surface area contributed by atoms with Crippen LogP contribution < -0.4 is 9.64 Å². The number of anilines is 1. The molecule has 0 bridgehead atoms. The van der Waals surface area contributed by atoms with Gasteiger partial charge in [0.1, 0.15) is 11.4 Å². The number of rotatable bonds is 3. The fourth-order valence-corrected chi connectivity index (χ4v) is 4.40. The molecule has 4 rings (SSSR count). The molecule has 1 atom stereocenters. The third kappa shape index (κ3) is 2.03. The van der Waals surface area contributed by atoms with Crippen molar-refractivity contribution in [3.8, 4) is 5.75 Å². The Morgan fingerprint density at radius 2 is 1.80 bits per heavy atom. The molecule has 0 N–H and O–H groups in total. The lowest BCUT2D eigenvalue weighted by molar-refractivity contribution is -0.132. The van der Waals surface area contributed by atoms with Crippen molar-refractivity contribution >= 4 is 11.6 Å². The second-order valence-electron chi connectivity index (χ2n) is 7.58. The Kier molecular flexibility index (Phi) is 3.36. The van der Waals surface area contributed by atoms with Crippen molar-refractivity contribution in [3.63, 3.8) is 0 Å². The number of carbonyl (C=O) groups is 1. The molecule has 2 aliphatic heterocycles. The minimum atomic E-state index is -0.394. The largest absolute Gasteiger partial charge is 0.497 e. The molecule has 0 aliphatic carbocycles. The van der Waals surface area contributed by atoms with Gasteiger partial charge in [-0.3, -0.25) is 4.79 Å². The van der Waals surface area contributed by atoms with E-state index in [1.54, 1.807) is 7.11 Å². The van der Waals surface area contributed by atoms with Crippen LogP contribution in [-0.2, 0) is 16.8 Å². The molecule has 1 unspecified atom stereocenters. The van der Waals surface area contributed by atoms with Gasteiger partial charge in [0.2, 0.25) is 5.91 Å². The summed E-state index contributed by atoms with van der Waals surface area (Å²) in [5, 5.41) is 0. The van der Waals surface area contributed by atoms with Gasteiger partial charge >= 0.3 is 0 Å². The first kappa shape index (κ1) is 16.0. The number of fused-ring (bicyclic) bond motifs is 3. The van der Waals surface area contributed by atoms with E-state index in [2.05, 4.69) is 49.9 Å². The predicted molar refractivity (Wildman–Crippen MR) is 98.8 cm³/mol. The molecule has 0 saturated carbocycles. The molecule has 1 saturated heterocycles. The molecule has 2 aromatic carbocycles. The summed E-state index contributed by atoms with van der Waals surface area (Å²) in [6.07, 6.45) is 0. The van der Waals surface area contributed by atoms with E-state index in [0.29, 0.717) is 13.1 Å². The van der Waals surface area contributed by atoms with Crippen LogP contribution in [0.4, 0.5) is 5.69 Å². The molecule has 1 amide bonds. The van der Waals surface area contributed by atoms with Crippen molar-refractivity contribution in [2.24, 2.45) is 0 Å². The molecule has 4 heteroatoms. The third-order valence-electron chi connectivity index (χ3n) is 6.18. The topological polar surface area (TPSA) is 32.8 Å². The van der Waals surface area contributed by atoms with Crippen LogP contribution in [0.5, 0.6) is 5.75 Å². The smallest absolute Gasteiger partial charge is 0.244 e. The fraction of sp³-hybridized carbons (Fsp3) is 0.381. The van der Waals surface area contributed by atoms with Crippen LogP contribution in [0.3, 0.4) is 0 Å². The Labute approximate surface area is 149 Å². The highest BCUT2D eigenvalue weighted by Crippen LogP contribution is 2.56. The summed E-state index contributed by atoms with van der Waals surface area (Å²) >= 11 is 0. The van der Waals surface area contributed by atoms with Crippen LogP contribution in [0.15, 0.2) is 48.5 Å². The Balaban J connectivity index is 1.80. The SMILES string of the molecule is COc1ccc2c(c1)C(C)(C)C1(C)N(Cc3ccccc3)C(=O)CN21. The van der Waals surface area contributed by atoms with Gasteiger partial charge in [-0.2, -0.15) is 0 Å². The number of amides is 1. The van der Waals surface area contributed by atoms with Crippen molar-refractivity contribution < 1.29 is 9.53 Å². The molecule has 25 heavy (non-hydrogen) atoms. The van der Waals surface area contributed by atoms with Gasteiger partial charge < -0.3 is 14.5 Å². The van der Waals surface area contributed by atoms with Crippen molar-refractivity contribution in [1.82, 2.24) is 4.90 Å². The molecule has 0 spiro atoms. The minimum Gasteiger partial charge on any atom is -0.497 e. The quantitative estimate of drug-likeness (QED) is 0.859. The molecule has 4 nitrogen and oxygen atoms in total. The van der Waals surface area contributed by atoms with E-state index < -0.39 is 5.66 Å². The molecular formula is C21H24N2O2. The third-order valence-corrected chi connectivity index (χ3v) is 6.18. The summed E-state index contributed by atoms with van der Waals surface area (Å²) in [4.78, 5) is 17.2. The molecule has 2 aliphatic rings. The number of carbonyl (C=O) groups excluding carboxylic acids is 1. The number of hydrogen-bond acceptors (Lipinski definition) is 3. The van der Waals surface area contributed by atoms with E-state index in [1.165, 1.54) is 5.56 Å². The number of nitrogens with zero attached hydrogens (tertiary/aromatic N) is 2. The number of hydrogen-bond donors (Lipinski definition) is 0. The summed E-state index contributed by atoms with van der Waals surface area (Å²) in [5.74, 6) is 1.04. The Morgan fingerprint density at radius 3 is 2.48 bits per heavy atom. The lowest BCUT2D eigenvalue weighted by Crippen LogP contribution is -2.59. The zero-order chi connectivity index (χ0) is 17.8. The van der Waals surface area contributed by atoms with Gasteiger partial charge in [-0.25, -0.2) is 0 Å². The van der Waals surface area contributed by atoms with Gasteiger partial charge in [0, 0.05) is 17.6 Å². The van der Waals surface area contributed by atoms with E-state index in [9.17, 15) is 4.79 Å². The molecule has 2 aromatic rings. The fourth-order valence-electron chi connectivity index (χ4n) is 4.40. The molecule has 0 radical (unpaired) electrons. The predicted octanol–water partition coefficient (Wildman–Crippen LogP) is 3.55. The first-order valence-electron chi connectivity index (χ1n) is 8.70. The van der Waals surface area contributed by atoms with Gasteiger partial charge in [0.25, 0.3) is 0 Å². The van der Waals surface area contributed by atoms with E-state index in [-0.39, 0.29) is 11.3 Å².